The Hall–Kier alpha value is -1.34. The predicted molar refractivity (Wildman–Crippen MR) is 36.2 cm³/mol. The van der Waals surface area contributed by atoms with Crippen molar-refractivity contribution in [3.8, 4) is 0 Å². The minimum atomic E-state index is -5.23. The highest BCUT2D eigenvalue weighted by atomic mass is 19.3. The third kappa shape index (κ3) is 1.83. The van der Waals surface area contributed by atoms with Gasteiger partial charge in [-0.25, -0.2) is 26.3 Å². The fourth-order valence-corrected chi connectivity index (χ4v) is 0.981. The lowest BCUT2D eigenvalue weighted by atomic mass is 10.1. The summed E-state index contributed by atoms with van der Waals surface area (Å²) in [4.78, 5) is 0. The molecule has 0 saturated heterocycles. The van der Waals surface area contributed by atoms with Gasteiger partial charge in [0.25, 0.3) is 0 Å². The van der Waals surface area contributed by atoms with Crippen molar-refractivity contribution in [2.45, 2.75) is 12.3 Å². The molecule has 0 aliphatic rings. The summed E-state index contributed by atoms with van der Waals surface area (Å²) in [6.07, 6.45) is -4.44. The lowest BCUT2D eigenvalue weighted by molar-refractivity contribution is -0.139. The second-order valence-electron chi connectivity index (χ2n) is 2.77. The molecule has 0 atom stereocenters. The normalized spacial score (nSPS) is 12.3. The third-order valence-corrected chi connectivity index (χ3v) is 1.72. The maximum Gasteiger partial charge on any atom is 0.338 e. The average molecular weight is 250 g/mol. The van der Waals surface area contributed by atoms with Crippen LogP contribution in [0.3, 0.4) is 0 Å². The van der Waals surface area contributed by atoms with E-state index in [1.54, 1.807) is 0 Å². The minimum Gasteiger partial charge on any atom is -0.206 e. The smallest absolute Gasteiger partial charge is 0.206 e. The largest absolute Gasteiger partial charge is 0.338 e. The van der Waals surface area contributed by atoms with Crippen LogP contribution in [0.5, 0.6) is 0 Å². The molecular weight excluding hydrogens is 248 g/mol. The molecule has 0 spiro atoms. The summed E-state index contributed by atoms with van der Waals surface area (Å²) in [5.41, 5.74) is -2.48. The Kier molecular flexibility index (Phi) is 3.11. The monoisotopic (exact) mass is 250 g/mol. The summed E-state index contributed by atoms with van der Waals surface area (Å²) in [5, 5.41) is 0. The van der Waals surface area contributed by atoms with Gasteiger partial charge in [-0.05, 0) is 0 Å². The number of alkyl halides is 4. The fraction of sp³-hybridized carbons (Fsp3) is 0.250. The van der Waals surface area contributed by atoms with Crippen LogP contribution in [0.15, 0.2) is 6.07 Å². The van der Waals surface area contributed by atoms with Gasteiger partial charge >= 0.3 is 12.3 Å². The SMILES string of the molecule is Fc1cc(F)c(C(F)(F)C(F)F)c(F)c1F. The van der Waals surface area contributed by atoms with Gasteiger partial charge in [0, 0.05) is 6.07 Å². The zero-order chi connectivity index (χ0) is 12.7. The molecule has 1 rings (SSSR count). The highest BCUT2D eigenvalue weighted by Gasteiger charge is 2.48. The first-order valence-electron chi connectivity index (χ1n) is 3.69. The summed E-state index contributed by atoms with van der Waals surface area (Å²) < 4.78 is 99.0. The summed E-state index contributed by atoms with van der Waals surface area (Å²) in [7, 11) is 0. The molecule has 0 radical (unpaired) electrons. The summed E-state index contributed by atoms with van der Waals surface area (Å²) in [5.74, 6) is -14.7. The van der Waals surface area contributed by atoms with Crippen molar-refractivity contribution in [2.24, 2.45) is 0 Å². The van der Waals surface area contributed by atoms with Gasteiger partial charge in [-0.3, -0.25) is 0 Å². The Morgan fingerprint density at radius 1 is 0.875 bits per heavy atom. The molecule has 0 unspecified atom stereocenters. The molecule has 0 saturated carbocycles. The number of benzene rings is 1. The van der Waals surface area contributed by atoms with Crippen molar-refractivity contribution in [3.63, 3.8) is 0 Å². The van der Waals surface area contributed by atoms with E-state index >= 15 is 0 Å². The van der Waals surface area contributed by atoms with Gasteiger partial charge in [0.1, 0.15) is 11.4 Å². The van der Waals surface area contributed by atoms with Gasteiger partial charge in [-0.2, -0.15) is 8.78 Å². The first-order chi connectivity index (χ1) is 7.19. The first kappa shape index (κ1) is 12.7. The van der Waals surface area contributed by atoms with Gasteiger partial charge in [0.05, 0.1) is 0 Å². The molecule has 1 aromatic carbocycles. The van der Waals surface area contributed by atoms with Crippen LogP contribution < -0.4 is 0 Å². The predicted octanol–water partition coefficient (Wildman–Crippen LogP) is 3.60. The van der Waals surface area contributed by atoms with Crippen molar-refractivity contribution < 1.29 is 35.1 Å². The van der Waals surface area contributed by atoms with Crippen LogP contribution in [0.2, 0.25) is 0 Å². The lowest BCUT2D eigenvalue weighted by Crippen LogP contribution is -2.27. The summed E-state index contributed by atoms with van der Waals surface area (Å²) >= 11 is 0. The van der Waals surface area contributed by atoms with Gasteiger partial charge < -0.3 is 0 Å². The van der Waals surface area contributed by atoms with E-state index in [2.05, 4.69) is 0 Å². The van der Waals surface area contributed by atoms with Gasteiger partial charge in [-0.1, -0.05) is 0 Å². The minimum absolute atomic E-state index is 0.427. The third-order valence-electron chi connectivity index (χ3n) is 1.72. The van der Waals surface area contributed by atoms with E-state index in [9.17, 15) is 35.1 Å². The van der Waals surface area contributed by atoms with Crippen molar-refractivity contribution in [3.05, 3.63) is 34.9 Å². The number of rotatable bonds is 2. The van der Waals surface area contributed by atoms with E-state index < -0.39 is 47.2 Å². The van der Waals surface area contributed by atoms with Crippen LogP contribution in [0.4, 0.5) is 35.1 Å². The molecular formula is C8H2F8. The molecule has 0 fully saturated rings. The van der Waals surface area contributed by atoms with Crippen LogP contribution in [-0.4, -0.2) is 6.43 Å². The van der Waals surface area contributed by atoms with E-state index in [1.165, 1.54) is 0 Å². The Morgan fingerprint density at radius 2 is 1.38 bits per heavy atom. The first-order valence-corrected chi connectivity index (χ1v) is 3.69. The zero-order valence-corrected chi connectivity index (χ0v) is 7.18. The maximum absolute atomic E-state index is 12.7. The molecule has 0 N–H and O–H groups in total. The Balaban J connectivity index is 3.52. The average Bonchev–Trinajstić information content (AvgIpc) is 2.13. The number of halogens is 8. The van der Waals surface area contributed by atoms with Crippen molar-refractivity contribution in [1.29, 1.82) is 0 Å². The second-order valence-corrected chi connectivity index (χ2v) is 2.77. The Morgan fingerprint density at radius 3 is 1.81 bits per heavy atom. The summed E-state index contributed by atoms with van der Waals surface area (Å²) in [6.45, 7) is 0. The van der Waals surface area contributed by atoms with E-state index in [0.29, 0.717) is 0 Å². The van der Waals surface area contributed by atoms with Crippen molar-refractivity contribution in [1.82, 2.24) is 0 Å². The molecule has 16 heavy (non-hydrogen) atoms. The Bertz CT molecular complexity index is 411. The Labute approximate surface area is 83.5 Å². The van der Waals surface area contributed by atoms with Crippen LogP contribution in [0, 0.1) is 23.3 Å². The van der Waals surface area contributed by atoms with Crippen LogP contribution >= 0.6 is 0 Å². The van der Waals surface area contributed by atoms with Crippen LogP contribution in [0.1, 0.15) is 5.56 Å². The molecule has 0 heterocycles. The second kappa shape index (κ2) is 3.91. The van der Waals surface area contributed by atoms with Gasteiger partial charge in [-0.15, -0.1) is 0 Å². The topological polar surface area (TPSA) is 0 Å². The van der Waals surface area contributed by atoms with E-state index in [0.717, 1.165) is 0 Å². The quantitative estimate of drug-likeness (QED) is 0.427. The lowest BCUT2D eigenvalue weighted by Gasteiger charge is -2.17. The highest BCUT2D eigenvalue weighted by Crippen LogP contribution is 2.38. The molecule has 0 amide bonds. The zero-order valence-electron chi connectivity index (χ0n) is 7.18. The van der Waals surface area contributed by atoms with Crippen LogP contribution in [0.25, 0.3) is 0 Å². The van der Waals surface area contributed by atoms with Crippen molar-refractivity contribution in [2.75, 3.05) is 0 Å². The molecule has 1 aromatic rings. The van der Waals surface area contributed by atoms with E-state index in [4.69, 9.17) is 0 Å². The van der Waals surface area contributed by atoms with Crippen LogP contribution in [-0.2, 0) is 5.92 Å². The molecule has 0 bridgehead atoms. The van der Waals surface area contributed by atoms with Gasteiger partial charge in [0.15, 0.2) is 17.5 Å². The molecule has 0 aliphatic carbocycles. The number of hydrogen-bond donors (Lipinski definition) is 0. The molecule has 0 nitrogen and oxygen atoms in total. The standard InChI is InChI=1S/C8H2F8/c9-2-1-3(10)5(11)6(12)4(2)8(15,16)7(13)14/h1,7H. The number of hydrogen-bond acceptors (Lipinski definition) is 0. The fourth-order valence-electron chi connectivity index (χ4n) is 0.981. The molecule has 0 aliphatic heterocycles. The highest BCUT2D eigenvalue weighted by molar-refractivity contribution is 5.27. The van der Waals surface area contributed by atoms with E-state index in [1.807, 2.05) is 0 Å². The van der Waals surface area contributed by atoms with Crippen molar-refractivity contribution >= 4 is 0 Å². The summed E-state index contributed by atoms with van der Waals surface area (Å²) in [6, 6.07) is -0.427. The van der Waals surface area contributed by atoms with E-state index in [-0.39, 0.29) is 0 Å². The molecule has 90 valence electrons. The maximum atomic E-state index is 12.7. The molecule has 8 heteroatoms. The molecule has 0 aromatic heterocycles. The van der Waals surface area contributed by atoms with Gasteiger partial charge in [0.2, 0.25) is 0 Å².